The number of aromatic amines is 1. The van der Waals surface area contributed by atoms with Crippen LogP contribution in [0, 0.1) is 6.92 Å². The zero-order chi connectivity index (χ0) is 14.1. The average Bonchev–Trinajstić information content (AvgIpc) is 2.84. The lowest BCUT2D eigenvalue weighted by Crippen LogP contribution is -2.45. The molecule has 3 rings (SSSR count). The summed E-state index contributed by atoms with van der Waals surface area (Å²) < 4.78 is 0. The molecule has 0 radical (unpaired) electrons. The molecule has 0 atom stereocenters. The molecule has 1 amide bonds. The molecule has 0 saturated carbocycles. The van der Waals surface area contributed by atoms with Gasteiger partial charge in [0.05, 0.1) is 0 Å². The minimum atomic E-state index is -0.107. The number of aryl methyl sites for hydroxylation is 1. The van der Waals surface area contributed by atoms with Crippen molar-refractivity contribution in [3.63, 3.8) is 0 Å². The Morgan fingerprint density at radius 1 is 1.25 bits per heavy atom. The molecular formula is C14H20N4O2. The highest BCUT2D eigenvalue weighted by atomic mass is 16.2. The van der Waals surface area contributed by atoms with E-state index >= 15 is 0 Å². The first-order valence-electron chi connectivity index (χ1n) is 7.26. The average molecular weight is 276 g/mol. The molecule has 20 heavy (non-hydrogen) atoms. The highest BCUT2D eigenvalue weighted by Crippen LogP contribution is 2.24. The lowest BCUT2D eigenvalue weighted by atomic mass is 10.0. The van der Waals surface area contributed by atoms with E-state index in [0.29, 0.717) is 24.2 Å². The minimum absolute atomic E-state index is 0.107. The monoisotopic (exact) mass is 276 g/mol. The summed E-state index contributed by atoms with van der Waals surface area (Å²) in [5.41, 5.74) is -0.107. The van der Waals surface area contributed by atoms with E-state index in [4.69, 9.17) is 0 Å². The molecule has 0 aliphatic carbocycles. The number of hydrogen-bond acceptors (Lipinski definition) is 4. The van der Waals surface area contributed by atoms with Crippen molar-refractivity contribution in [2.45, 2.75) is 38.6 Å². The van der Waals surface area contributed by atoms with Crippen molar-refractivity contribution in [2.24, 2.45) is 0 Å². The highest BCUT2D eigenvalue weighted by molar-refractivity contribution is 5.78. The number of piperidine rings is 1. The largest absolute Gasteiger partial charge is 0.356 e. The van der Waals surface area contributed by atoms with Gasteiger partial charge in [-0.15, -0.1) is 0 Å². The summed E-state index contributed by atoms with van der Waals surface area (Å²) in [6.07, 6.45) is 3.61. The number of rotatable bonds is 2. The fourth-order valence-corrected chi connectivity index (χ4v) is 3.19. The van der Waals surface area contributed by atoms with Crippen LogP contribution in [0.2, 0.25) is 0 Å². The zero-order valence-corrected chi connectivity index (χ0v) is 11.8. The van der Waals surface area contributed by atoms with Gasteiger partial charge in [0.1, 0.15) is 11.6 Å². The fourth-order valence-electron chi connectivity index (χ4n) is 3.19. The van der Waals surface area contributed by atoms with E-state index in [0.717, 1.165) is 44.7 Å². The van der Waals surface area contributed by atoms with Gasteiger partial charge in [0.15, 0.2) is 0 Å². The molecule has 0 spiro atoms. The Balaban J connectivity index is 1.66. The molecule has 108 valence electrons. The molecule has 1 N–H and O–H groups in total. The molecule has 3 heterocycles. The van der Waals surface area contributed by atoms with E-state index in [2.05, 4.69) is 14.9 Å². The molecule has 2 fully saturated rings. The first kappa shape index (κ1) is 13.1. The number of likely N-dealkylation sites (tertiary alicyclic amines) is 1. The van der Waals surface area contributed by atoms with Gasteiger partial charge < -0.3 is 14.8 Å². The normalized spacial score (nSPS) is 20.8. The number of aromatic nitrogens is 2. The zero-order valence-electron chi connectivity index (χ0n) is 11.8. The van der Waals surface area contributed by atoms with Crippen LogP contribution in [0.4, 0.5) is 5.82 Å². The molecule has 2 aliphatic heterocycles. The predicted molar refractivity (Wildman–Crippen MR) is 75.8 cm³/mol. The number of carbonyl (C=O) groups is 1. The van der Waals surface area contributed by atoms with Crippen LogP contribution in [0.15, 0.2) is 10.9 Å². The van der Waals surface area contributed by atoms with Gasteiger partial charge in [-0.3, -0.25) is 9.59 Å². The first-order valence-corrected chi connectivity index (χ1v) is 7.26. The number of H-pyrrole nitrogens is 1. The lowest BCUT2D eigenvalue weighted by Gasteiger charge is -2.37. The second kappa shape index (κ2) is 5.26. The fraction of sp³-hybridized carbons (Fsp3) is 0.643. The Labute approximate surface area is 117 Å². The van der Waals surface area contributed by atoms with Gasteiger partial charge in [0.25, 0.3) is 5.56 Å². The van der Waals surface area contributed by atoms with E-state index in [1.54, 1.807) is 13.0 Å². The summed E-state index contributed by atoms with van der Waals surface area (Å²) >= 11 is 0. The third kappa shape index (κ3) is 2.55. The summed E-state index contributed by atoms with van der Waals surface area (Å²) in [4.78, 5) is 34.5. The van der Waals surface area contributed by atoms with Crippen molar-refractivity contribution in [1.29, 1.82) is 0 Å². The van der Waals surface area contributed by atoms with Gasteiger partial charge in [-0.25, -0.2) is 4.98 Å². The Morgan fingerprint density at radius 3 is 2.60 bits per heavy atom. The molecule has 6 heteroatoms. The molecular weight excluding hydrogens is 256 g/mol. The summed E-state index contributed by atoms with van der Waals surface area (Å²) in [6, 6.07) is 1.92. The Kier molecular flexibility index (Phi) is 3.46. The number of hydrogen-bond donors (Lipinski definition) is 1. The summed E-state index contributed by atoms with van der Waals surface area (Å²) in [6.45, 7) is 4.40. The Bertz CT molecular complexity index is 561. The SMILES string of the molecule is Cc1nc(N2CCC(N3CCCC3=O)CC2)cc(=O)[nH]1. The van der Waals surface area contributed by atoms with Gasteiger partial charge in [0, 0.05) is 38.2 Å². The topological polar surface area (TPSA) is 69.3 Å². The standard InChI is InChI=1S/C14H20N4O2/c1-10-15-12(9-13(19)16-10)17-7-4-11(5-8-17)18-6-2-3-14(18)20/h9,11H,2-8H2,1H3,(H,15,16,19). The maximum atomic E-state index is 11.8. The molecule has 6 nitrogen and oxygen atoms in total. The molecule has 1 aromatic heterocycles. The van der Waals surface area contributed by atoms with Gasteiger partial charge in [-0.05, 0) is 26.2 Å². The van der Waals surface area contributed by atoms with Crippen LogP contribution in [0.5, 0.6) is 0 Å². The molecule has 2 aliphatic rings. The van der Waals surface area contributed by atoms with E-state index < -0.39 is 0 Å². The van der Waals surface area contributed by atoms with Crippen LogP contribution in [-0.4, -0.2) is 46.5 Å². The quantitative estimate of drug-likeness (QED) is 0.862. The van der Waals surface area contributed by atoms with Gasteiger partial charge in [-0.2, -0.15) is 0 Å². The van der Waals surface area contributed by atoms with E-state index in [1.807, 2.05) is 4.90 Å². The van der Waals surface area contributed by atoms with Crippen LogP contribution in [0.25, 0.3) is 0 Å². The van der Waals surface area contributed by atoms with Gasteiger partial charge in [0.2, 0.25) is 5.91 Å². The number of anilines is 1. The molecule has 1 aromatic rings. The third-order valence-electron chi connectivity index (χ3n) is 4.19. The molecule has 0 aromatic carbocycles. The van der Waals surface area contributed by atoms with Crippen LogP contribution in [0.3, 0.4) is 0 Å². The number of nitrogens with zero attached hydrogens (tertiary/aromatic N) is 3. The van der Waals surface area contributed by atoms with Gasteiger partial charge in [-0.1, -0.05) is 0 Å². The smallest absolute Gasteiger partial charge is 0.252 e. The van der Waals surface area contributed by atoms with Crippen LogP contribution >= 0.6 is 0 Å². The van der Waals surface area contributed by atoms with E-state index in [-0.39, 0.29) is 5.56 Å². The van der Waals surface area contributed by atoms with Crippen molar-refractivity contribution in [1.82, 2.24) is 14.9 Å². The Morgan fingerprint density at radius 2 is 2.00 bits per heavy atom. The molecule has 2 saturated heterocycles. The lowest BCUT2D eigenvalue weighted by molar-refractivity contribution is -0.130. The summed E-state index contributed by atoms with van der Waals surface area (Å²) in [7, 11) is 0. The second-order valence-corrected chi connectivity index (χ2v) is 5.60. The van der Waals surface area contributed by atoms with Crippen LogP contribution < -0.4 is 10.5 Å². The molecule has 0 bridgehead atoms. The van der Waals surface area contributed by atoms with Gasteiger partial charge >= 0.3 is 0 Å². The summed E-state index contributed by atoms with van der Waals surface area (Å²) in [5.74, 6) is 1.69. The van der Waals surface area contributed by atoms with Crippen molar-refractivity contribution >= 4 is 11.7 Å². The Hall–Kier alpha value is -1.85. The van der Waals surface area contributed by atoms with Crippen molar-refractivity contribution in [3.8, 4) is 0 Å². The maximum absolute atomic E-state index is 11.8. The van der Waals surface area contributed by atoms with E-state index in [9.17, 15) is 9.59 Å². The molecule has 0 unspecified atom stereocenters. The second-order valence-electron chi connectivity index (χ2n) is 5.60. The predicted octanol–water partition coefficient (Wildman–Crippen LogP) is 0.670. The van der Waals surface area contributed by atoms with Crippen LogP contribution in [0.1, 0.15) is 31.5 Å². The number of carbonyl (C=O) groups excluding carboxylic acids is 1. The number of amides is 1. The highest BCUT2D eigenvalue weighted by Gasteiger charge is 2.30. The first-order chi connectivity index (χ1) is 9.63. The van der Waals surface area contributed by atoms with Crippen molar-refractivity contribution < 1.29 is 4.79 Å². The minimum Gasteiger partial charge on any atom is -0.356 e. The van der Waals surface area contributed by atoms with Crippen molar-refractivity contribution in [3.05, 3.63) is 22.2 Å². The number of nitrogens with one attached hydrogen (secondary N) is 1. The third-order valence-corrected chi connectivity index (χ3v) is 4.19. The van der Waals surface area contributed by atoms with Crippen molar-refractivity contribution in [2.75, 3.05) is 24.5 Å². The summed E-state index contributed by atoms with van der Waals surface area (Å²) in [5, 5.41) is 0. The van der Waals surface area contributed by atoms with E-state index in [1.165, 1.54) is 0 Å². The van der Waals surface area contributed by atoms with Crippen LogP contribution in [-0.2, 0) is 4.79 Å². The maximum Gasteiger partial charge on any atom is 0.252 e.